The van der Waals surface area contributed by atoms with Gasteiger partial charge >= 0.3 is 0 Å². The number of carbonyl (C=O) groups is 2. The van der Waals surface area contributed by atoms with Crippen LogP contribution in [0.4, 0.5) is 0 Å². The minimum absolute atomic E-state index is 0.00167. The molecule has 0 saturated carbocycles. The summed E-state index contributed by atoms with van der Waals surface area (Å²) in [6.45, 7) is 4.84. The van der Waals surface area contributed by atoms with Gasteiger partial charge in [-0.05, 0) is 32.4 Å². The van der Waals surface area contributed by atoms with Gasteiger partial charge in [0.25, 0.3) is 5.91 Å². The van der Waals surface area contributed by atoms with Crippen LogP contribution in [0.1, 0.15) is 55.5 Å². The number of pyridine rings is 1. The molecule has 1 aromatic carbocycles. The molecule has 1 atom stereocenters. The second-order valence-electron chi connectivity index (χ2n) is 8.91. The summed E-state index contributed by atoms with van der Waals surface area (Å²) in [7, 11) is 0. The van der Waals surface area contributed by atoms with Gasteiger partial charge in [-0.25, -0.2) is 4.98 Å². The second-order valence-corrected chi connectivity index (χ2v) is 8.91. The number of ether oxygens (including phenoxy) is 3. The van der Waals surface area contributed by atoms with Crippen molar-refractivity contribution in [3.63, 3.8) is 0 Å². The molecule has 2 aliphatic heterocycles. The SMILES string of the molecule is CC(C)Oc1cc2c(OC[C@@H]3CCC(=O)N3)ncc(C#CC3(O)CCOCC3)c2cc1C(N)=O. The molecule has 4 rings (SSSR count). The van der Waals surface area contributed by atoms with E-state index in [1.165, 1.54) is 0 Å². The number of nitrogens with two attached hydrogens (primary N) is 1. The zero-order valence-electron chi connectivity index (χ0n) is 19.3. The monoisotopic (exact) mass is 467 g/mol. The number of nitrogens with zero attached hydrogens (tertiary/aromatic N) is 1. The second kappa shape index (κ2) is 9.87. The molecule has 9 heteroatoms. The lowest BCUT2D eigenvalue weighted by atomic mass is 9.94. The lowest BCUT2D eigenvalue weighted by Crippen LogP contribution is -2.34. The molecule has 1 aromatic heterocycles. The van der Waals surface area contributed by atoms with Crippen molar-refractivity contribution in [1.29, 1.82) is 0 Å². The summed E-state index contributed by atoms with van der Waals surface area (Å²) >= 11 is 0. The Morgan fingerprint density at radius 3 is 2.76 bits per heavy atom. The highest BCUT2D eigenvalue weighted by Crippen LogP contribution is 2.34. The fraction of sp³-hybridized carbons (Fsp3) is 0.480. The molecule has 180 valence electrons. The molecule has 0 spiro atoms. The number of hydrogen-bond acceptors (Lipinski definition) is 7. The van der Waals surface area contributed by atoms with Crippen LogP contribution in [0.15, 0.2) is 18.3 Å². The lowest BCUT2D eigenvalue weighted by molar-refractivity contribution is -0.119. The third-order valence-electron chi connectivity index (χ3n) is 5.84. The van der Waals surface area contributed by atoms with Gasteiger partial charge in [0, 0.05) is 36.2 Å². The summed E-state index contributed by atoms with van der Waals surface area (Å²) in [6.07, 6.45) is 3.35. The maximum absolute atomic E-state index is 12.2. The molecule has 0 radical (unpaired) electrons. The molecule has 2 fully saturated rings. The van der Waals surface area contributed by atoms with Crippen molar-refractivity contribution in [1.82, 2.24) is 10.3 Å². The number of amides is 2. The van der Waals surface area contributed by atoms with Crippen LogP contribution in [0.3, 0.4) is 0 Å². The number of benzene rings is 1. The van der Waals surface area contributed by atoms with Gasteiger partial charge in [-0.2, -0.15) is 0 Å². The zero-order chi connectivity index (χ0) is 24.3. The predicted molar refractivity (Wildman–Crippen MR) is 125 cm³/mol. The molecule has 2 aromatic rings. The van der Waals surface area contributed by atoms with Crippen molar-refractivity contribution < 1.29 is 28.9 Å². The highest BCUT2D eigenvalue weighted by Gasteiger charge is 2.27. The van der Waals surface area contributed by atoms with E-state index in [0.717, 1.165) is 0 Å². The van der Waals surface area contributed by atoms with E-state index >= 15 is 0 Å². The molecule has 2 saturated heterocycles. The quantitative estimate of drug-likeness (QED) is 0.551. The van der Waals surface area contributed by atoms with Crippen LogP contribution in [0.25, 0.3) is 10.8 Å². The van der Waals surface area contributed by atoms with E-state index in [9.17, 15) is 14.7 Å². The first-order chi connectivity index (χ1) is 16.2. The number of aromatic nitrogens is 1. The van der Waals surface area contributed by atoms with Crippen LogP contribution in [0.2, 0.25) is 0 Å². The topological polar surface area (TPSA) is 133 Å². The van der Waals surface area contributed by atoms with Gasteiger partial charge in [0.05, 0.1) is 36.5 Å². The van der Waals surface area contributed by atoms with E-state index in [0.29, 0.717) is 66.9 Å². The average Bonchev–Trinajstić information content (AvgIpc) is 3.21. The van der Waals surface area contributed by atoms with Crippen molar-refractivity contribution in [2.24, 2.45) is 5.73 Å². The van der Waals surface area contributed by atoms with Crippen molar-refractivity contribution in [2.45, 2.75) is 57.3 Å². The largest absolute Gasteiger partial charge is 0.490 e. The third-order valence-corrected chi connectivity index (χ3v) is 5.84. The molecule has 0 bridgehead atoms. The first-order valence-corrected chi connectivity index (χ1v) is 11.4. The van der Waals surface area contributed by atoms with Gasteiger partial charge in [-0.15, -0.1) is 0 Å². The summed E-state index contributed by atoms with van der Waals surface area (Å²) in [4.78, 5) is 28.2. The first-order valence-electron chi connectivity index (χ1n) is 11.4. The Labute approximate surface area is 198 Å². The third kappa shape index (κ3) is 5.41. The van der Waals surface area contributed by atoms with Crippen molar-refractivity contribution in [3.8, 4) is 23.5 Å². The average molecular weight is 468 g/mol. The number of rotatable bonds is 6. The Morgan fingerprint density at radius 2 is 2.12 bits per heavy atom. The Balaban J connectivity index is 1.77. The Morgan fingerprint density at radius 1 is 1.35 bits per heavy atom. The molecular formula is C25H29N3O6. The maximum Gasteiger partial charge on any atom is 0.252 e. The summed E-state index contributed by atoms with van der Waals surface area (Å²) < 4.78 is 17.1. The van der Waals surface area contributed by atoms with E-state index in [2.05, 4.69) is 22.1 Å². The molecule has 0 aliphatic carbocycles. The minimum atomic E-state index is -1.15. The lowest BCUT2D eigenvalue weighted by Gasteiger charge is -2.26. The van der Waals surface area contributed by atoms with Crippen molar-refractivity contribution in [2.75, 3.05) is 19.8 Å². The van der Waals surface area contributed by atoms with Crippen LogP contribution in [0.5, 0.6) is 11.6 Å². The molecule has 2 aliphatic rings. The Bertz CT molecular complexity index is 1160. The van der Waals surface area contributed by atoms with E-state index in [1.807, 2.05) is 13.8 Å². The van der Waals surface area contributed by atoms with Gasteiger partial charge in [0.15, 0.2) is 0 Å². The molecule has 4 N–H and O–H groups in total. The normalized spacial score (nSPS) is 19.4. The fourth-order valence-electron chi connectivity index (χ4n) is 4.00. The summed E-state index contributed by atoms with van der Waals surface area (Å²) in [5, 5.41) is 14.8. The number of aliphatic hydroxyl groups is 1. The van der Waals surface area contributed by atoms with E-state index in [-0.39, 0.29) is 30.2 Å². The summed E-state index contributed by atoms with van der Waals surface area (Å²) in [5.74, 6) is 6.01. The maximum atomic E-state index is 12.2. The van der Waals surface area contributed by atoms with Crippen LogP contribution in [-0.4, -0.2) is 59.5 Å². The number of hydrogen-bond donors (Lipinski definition) is 3. The first kappa shape index (κ1) is 23.8. The molecule has 3 heterocycles. The van der Waals surface area contributed by atoms with Crippen LogP contribution in [0, 0.1) is 11.8 Å². The number of primary amides is 1. The van der Waals surface area contributed by atoms with E-state index < -0.39 is 11.5 Å². The number of nitrogens with one attached hydrogen (secondary N) is 1. The number of fused-ring (bicyclic) bond motifs is 1. The smallest absolute Gasteiger partial charge is 0.252 e. The van der Waals surface area contributed by atoms with Crippen molar-refractivity contribution in [3.05, 3.63) is 29.5 Å². The Hall–Kier alpha value is -3.35. The van der Waals surface area contributed by atoms with Crippen molar-refractivity contribution >= 4 is 22.6 Å². The molecule has 9 nitrogen and oxygen atoms in total. The molecule has 34 heavy (non-hydrogen) atoms. The highest BCUT2D eigenvalue weighted by molar-refractivity contribution is 6.03. The predicted octanol–water partition coefficient (Wildman–Crippen LogP) is 1.67. The van der Waals surface area contributed by atoms with Gasteiger partial charge < -0.3 is 30.4 Å². The minimum Gasteiger partial charge on any atom is -0.490 e. The summed E-state index contributed by atoms with van der Waals surface area (Å²) in [5.41, 5.74) is 5.23. The number of carbonyl (C=O) groups excluding carboxylic acids is 2. The zero-order valence-corrected chi connectivity index (χ0v) is 19.3. The van der Waals surface area contributed by atoms with Gasteiger partial charge in [0.2, 0.25) is 11.8 Å². The van der Waals surface area contributed by atoms with Crippen LogP contribution >= 0.6 is 0 Å². The van der Waals surface area contributed by atoms with Gasteiger partial charge in [-0.1, -0.05) is 11.8 Å². The summed E-state index contributed by atoms with van der Waals surface area (Å²) in [6, 6.07) is 3.21. The molecule has 0 unspecified atom stereocenters. The fourth-order valence-corrected chi connectivity index (χ4v) is 4.00. The molecular weight excluding hydrogens is 438 g/mol. The van der Waals surface area contributed by atoms with E-state index in [1.54, 1.807) is 18.3 Å². The highest BCUT2D eigenvalue weighted by atomic mass is 16.5. The van der Waals surface area contributed by atoms with E-state index in [4.69, 9.17) is 19.9 Å². The Kier molecular flexibility index (Phi) is 6.91. The van der Waals surface area contributed by atoms with Crippen LogP contribution in [-0.2, 0) is 9.53 Å². The van der Waals surface area contributed by atoms with Gasteiger partial charge in [0.1, 0.15) is 18.0 Å². The molecule has 2 amide bonds. The standard InChI is InChI=1S/C25H29N3O6/c1-15(2)34-21-12-19-18(11-20(21)23(26)30)16(5-6-25(31)7-9-32-10-8-25)13-27-24(19)33-14-17-3-4-22(29)28-17/h11-13,15,17,31H,3-4,7-10,14H2,1-2H3,(H2,26,30)(H,28,29)/t17-/m0/s1. The van der Waals surface area contributed by atoms with Gasteiger partial charge in [-0.3, -0.25) is 9.59 Å². The van der Waals surface area contributed by atoms with Crippen LogP contribution < -0.4 is 20.5 Å².